The number of halogens is 1. The molecule has 2 atom stereocenters. The van der Waals surface area contributed by atoms with E-state index in [2.05, 4.69) is 15.5 Å². The van der Waals surface area contributed by atoms with Crippen LogP contribution < -0.4 is 21.1 Å². The molecule has 0 amide bonds. The number of rotatable bonds is 4. The second-order valence-electron chi connectivity index (χ2n) is 9.38. The second kappa shape index (κ2) is 9.55. The van der Waals surface area contributed by atoms with Gasteiger partial charge < -0.3 is 20.9 Å². The molecule has 0 bridgehead atoms. The number of piperidine rings is 1. The molecular formula is C27H28FN7O. The highest BCUT2D eigenvalue weighted by Gasteiger charge is 2.34. The van der Waals surface area contributed by atoms with E-state index in [1.165, 1.54) is 16.7 Å². The lowest BCUT2D eigenvalue weighted by molar-refractivity contribution is 0.374. The molecule has 3 N–H and O–H groups in total. The number of nitrogens with one attached hydrogen (secondary N) is 3. The highest BCUT2D eigenvalue weighted by molar-refractivity contribution is 6.12. The van der Waals surface area contributed by atoms with Crippen molar-refractivity contribution in [3.8, 4) is 17.5 Å². The van der Waals surface area contributed by atoms with Crippen molar-refractivity contribution in [2.24, 2.45) is 5.92 Å². The Morgan fingerprint density at radius 1 is 1.33 bits per heavy atom. The van der Waals surface area contributed by atoms with E-state index in [9.17, 15) is 14.4 Å². The zero-order valence-electron chi connectivity index (χ0n) is 20.3. The van der Waals surface area contributed by atoms with Crippen molar-refractivity contribution in [1.29, 1.82) is 10.7 Å². The molecule has 2 fully saturated rings. The van der Waals surface area contributed by atoms with Crippen LogP contribution in [0.4, 0.5) is 10.2 Å². The van der Waals surface area contributed by atoms with Crippen LogP contribution in [0.1, 0.15) is 24.0 Å². The lowest BCUT2D eigenvalue weighted by Crippen LogP contribution is -2.45. The Balaban J connectivity index is 1.69. The largest absolute Gasteiger partial charge is 0.393 e. The number of anilines is 1. The zero-order chi connectivity index (χ0) is 25.4. The van der Waals surface area contributed by atoms with Crippen LogP contribution in [0.2, 0.25) is 0 Å². The van der Waals surface area contributed by atoms with Gasteiger partial charge in [-0.25, -0.2) is 9.37 Å². The summed E-state index contributed by atoms with van der Waals surface area (Å²) in [7, 11) is 1.74. The summed E-state index contributed by atoms with van der Waals surface area (Å²) in [6.07, 6.45) is 8.80. The minimum Gasteiger partial charge on any atom is -0.393 e. The molecule has 36 heavy (non-hydrogen) atoms. The maximum atomic E-state index is 14.7. The molecule has 0 saturated carbocycles. The fourth-order valence-electron chi connectivity index (χ4n) is 5.28. The van der Waals surface area contributed by atoms with Gasteiger partial charge in [0.15, 0.2) is 0 Å². The van der Waals surface area contributed by atoms with E-state index in [1.807, 2.05) is 6.07 Å². The number of nitrogens with zero attached hydrogens (tertiary/aromatic N) is 4. The Labute approximate surface area is 209 Å². The molecule has 2 aliphatic heterocycles. The van der Waals surface area contributed by atoms with E-state index in [1.54, 1.807) is 44.5 Å². The average Bonchev–Trinajstić information content (AvgIpc) is 3.35. The molecule has 9 heteroatoms. The van der Waals surface area contributed by atoms with Gasteiger partial charge in [-0.1, -0.05) is 0 Å². The molecule has 0 spiro atoms. The lowest BCUT2D eigenvalue weighted by atomic mass is 9.93. The van der Waals surface area contributed by atoms with Gasteiger partial charge in [-0.2, -0.15) is 5.26 Å². The summed E-state index contributed by atoms with van der Waals surface area (Å²) >= 11 is 0. The fraction of sp³-hybridized carbons (Fsp3) is 0.333. The Morgan fingerprint density at radius 3 is 2.92 bits per heavy atom. The van der Waals surface area contributed by atoms with Crippen LogP contribution in [0.3, 0.4) is 0 Å². The number of hydrogen-bond donors (Lipinski definition) is 3. The van der Waals surface area contributed by atoms with Gasteiger partial charge in [-0.05, 0) is 68.7 Å². The molecule has 2 saturated heterocycles. The summed E-state index contributed by atoms with van der Waals surface area (Å²) in [5, 5.41) is 23.9. The number of fused-ring (bicyclic) bond motifs is 1. The molecule has 3 aliphatic rings. The molecule has 184 valence electrons. The summed E-state index contributed by atoms with van der Waals surface area (Å²) in [5.41, 5.74) is 2.04. The number of benzene rings is 1. The first-order valence-electron chi connectivity index (χ1n) is 12.1. The van der Waals surface area contributed by atoms with E-state index in [0.717, 1.165) is 32.5 Å². The van der Waals surface area contributed by atoms with E-state index in [-0.39, 0.29) is 11.1 Å². The SMILES string of the molecule is CN/C=C1/C=C(n2c(-c3ccc(C#N)c(F)c3)nc(N3CCC4NCCC4C3)c(C)c2=O)C=CC1=N. The van der Waals surface area contributed by atoms with Gasteiger partial charge in [0.25, 0.3) is 5.56 Å². The summed E-state index contributed by atoms with van der Waals surface area (Å²) in [4.78, 5) is 21.0. The molecular weight excluding hydrogens is 457 g/mol. The van der Waals surface area contributed by atoms with Crippen LogP contribution in [0.5, 0.6) is 0 Å². The third-order valence-electron chi connectivity index (χ3n) is 7.18. The topological polar surface area (TPSA) is 110 Å². The number of nitriles is 1. The number of allylic oxidation sites excluding steroid dienone is 5. The first-order valence-corrected chi connectivity index (χ1v) is 12.1. The Kier molecular flexibility index (Phi) is 6.29. The van der Waals surface area contributed by atoms with E-state index < -0.39 is 5.82 Å². The number of hydrogen-bond acceptors (Lipinski definition) is 7. The Hall–Kier alpha value is -4.03. The Morgan fingerprint density at radius 2 is 2.17 bits per heavy atom. The van der Waals surface area contributed by atoms with Crippen molar-refractivity contribution in [3.63, 3.8) is 0 Å². The molecule has 0 radical (unpaired) electrons. The van der Waals surface area contributed by atoms with Gasteiger partial charge in [0.1, 0.15) is 23.5 Å². The first-order chi connectivity index (χ1) is 17.4. The van der Waals surface area contributed by atoms with Crippen LogP contribution in [0.25, 0.3) is 17.1 Å². The third-order valence-corrected chi connectivity index (χ3v) is 7.18. The molecule has 1 aromatic heterocycles. The molecule has 8 nitrogen and oxygen atoms in total. The normalized spacial score (nSPS) is 22.4. The van der Waals surface area contributed by atoms with Crippen molar-refractivity contribution in [3.05, 3.63) is 75.5 Å². The Bertz CT molecular complexity index is 1430. The summed E-state index contributed by atoms with van der Waals surface area (Å²) in [6, 6.07) is 6.62. The van der Waals surface area contributed by atoms with Crippen LogP contribution in [-0.2, 0) is 0 Å². The summed E-state index contributed by atoms with van der Waals surface area (Å²) < 4.78 is 16.1. The van der Waals surface area contributed by atoms with Gasteiger partial charge in [0, 0.05) is 43.5 Å². The van der Waals surface area contributed by atoms with Crippen molar-refractivity contribution in [1.82, 2.24) is 20.2 Å². The predicted octanol–water partition coefficient (Wildman–Crippen LogP) is 2.95. The van der Waals surface area contributed by atoms with E-state index in [0.29, 0.717) is 51.7 Å². The lowest BCUT2D eigenvalue weighted by Gasteiger charge is -2.36. The summed E-state index contributed by atoms with van der Waals surface area (Å²) in [5.74, 6) is 0.744. The maximum Gasteiger partial charge on any atom is 0.263 e. The van der Waals surface area contributed by atoms with Crippen LogP contribution in [0, 0.1) is 35.4 Å². The maximum absolute atomic E-state index is 14.7. The summed E-state index contributed by atoms with van der Waals surface area (Å²) in [6.45, 7) is 4.38. The monoisotopic (exact) mass is 485 g/mol. The van der Waals surface area contributed by atoms with Crippen LogP contribution >= 0.6 is 0 Å². The fourth-order valence-corrected chi connectivity index (χ4v) is 5.28. The zero-order valence-corrected chi connectivity index (χ0v) is 20.3. The quantitative estimate of drug-likeness (QED) is 0.614. The molecule has 1 aromatic carbocycles. The highest BCUT2D eigenvalue weighted by atomic mass is 19.1. The smallest absolute Gasteiger partial charge is 0.263 e. The predicted molar refractivity (Wildman–Crippen MR) is 138 cm³/mol. The molecule has 1 aliphatic carbocycles. The minimum atomic E-state index is -0.665. The van der Waals surface area contributed by atoms with Crippen molar-refractivity contribution in [2.45, 2.75) is 25.8 Å². The van der Waals surface area contributed by atoms with Gasteiger partial charge in [-0.3, -0.25) is 9.36 Å². The van der Waals surface area contributed by atoms with Gasteiger partial charge in [-0.15, -0.1) is 0 Å². The minimum absolute atomic E-state index is 0.0692. The van der Waals surface area contributed by atoms with E-state index >= 15 is 0 Å². The second-order valence-corrected chi connectivity index (χ2v) is 9.38. The van der Waals surface area contributed by atoms with E-state index in [4.69, 9.17) is 10.4 Å². The first kappa shape index (κ1) is 23.7. The van der Waals surface area contributed by atoms with Crippen molar-refractivity contribution >= 4 is 17.2 Å². The molecule has 3 heterocycles. The van der Waals surface area contributed by atoms with Crippen molar-refractivity contribution in [2.75, 3.05) is 31.6 Å². The third kappa shape index (κ3) is 4.14. The van der Waals surface area contributed by atoms with Crippen LogP contribution in [0.15, 0.2) is 53.0 Å². The van der Waals surface area contributed by atoms with Gasteiger partial charge in [0.2, 0.25) is 0 Å². The molecule has 2 unspecified atom stereocenters. The van der Waals surface area contributed by atoms with Gasteiger partial charge in [0.05, 0.1) is 22.5 Å². The number of aromatic nitrogens is 2. The highest BCUT2D eigenvalue weighted by Crippen LogP contribution is 2.31. The standard InChI is InChI=1S/C27H28FN7O/c1-16-25(34-10-8-24-19(15-34)7-9-32-24)33-26(17-3-4-18(13-29)22(28)12-17)35(27(16)36)21-5-6-23(30)20(11-21)14-31-2/h3-6,11-12,14,19,24,30-32H,7-10,15H2,1-2H3/b20-14-,30-23?. The van der Waals surface area contributed by atoms with Crippen molar-refractivity contribution < 1.29 is 4.39 Å². The molecule has 5 rings (SSSR count). The average molecular weight is 486 g/mol. The van der Waals surface area contributed by atoms with Crippen LogP contribution in [-0.4, -0.2) is 48.0 Å². The van der Waals surface area contributed by atoms with Gasteiger partial charge >= 0.3 is 0 Å². The molecule has 2 aromatic rings.